The number of anilines is 1. The van der Waals surface area contributed by atoms with E-state index in [0.29, 0.717) is 0 Å². The Morgan fingerprint density at radius 3 is 2.19 bits per heavy atom. The van der Waals surface area contributed by atoms with Crippen LogP contribution in [0.4, 0.5) is 5.69 Å². The second-order valence-corrected chi connectivity index (χ2v) is 7.30. The smallest absolute Gasteiger partial charge is 0.319 e. The summed E-state index contributed by atoms with van der Waals surface area (Å²) in [6.07, 6.45) is 1.65. The number of carbonyl (C=O) groups is 2. The van der Waals surface area contributed by atoms with Crippen molar-refractivity contribution in [2.75, 3.05) is 11.9 Å². The van der Waals surface area contributed by atoms with Crippen molar-refractivity contribution in [3.8, 4) is 0 Å². The largest absolute Gasteiger partial charge is 0.455 e. The average Bonchev–Trinajstić information content (AvgIpc) is 2.66. The van der Waals surface area contributed by atoms with Gasteiger partial charge in [0.15, 0.2) is 6.61 Å². The van der Waals surface area contributed by atoms with Crippen LogP contribution >= 0.6 is 11.8 Å². The Kier molecular flexibility index (Phi) is 7.73. The lowest BCUT2D eigenvalue weighted by Crippen LogP contribution is -2.25. The van der Waals surface area contributed by atoms with Crippen LogP contribution in [0.1, 0.15) is 31.9 Å². The molecular formula is C21H25NO3S. The van der Waals surface area contributed by atoms with Gasteiger partial charge in [-0.3, -0.25) is 9.59 Å². The lowest BCUT2D eigenvalue weighted by Gasteiger charge is -2.15. The highest BCUT2D eigenvalue weighted by Gasteiger charge is 2.18. The summed E-state index contributed by atoms with van der Waals surface area (Å²) >= 11 is 1.41. The summed E-state index contributed by atoms with van der Waals surface area (Å²) in [5.74, 6) is -0.709. The van der Waals surface area contributed by atoms with Gasteiger partial charge in [-0.05, 0) is 43.0 Å². The first kappa shape index (κ1) is 20.0. The summed E-state index contributed by atoms with van der Waals surface area (Å²) < 4.78 is 5.19. The van der Waals surface area contributed by atoms with E-state index in [0.717, 1.165) is 34.6 Å². The van der Waals surface area contributed by atoms with E-state index in [4.69, 9.17) is 4.74 Å². The molecule has 0 spiro atoms. The van der Waals surface area contributed by atoms with Crippen molar-refractivity contribution in [3.05, 3.63) is 59.7 Å². The molecule has 2 aromatic carbocycles. The van der Waals surface area contributed by atoms with Crippen molar-refractivity contribution in [2.24, 2.45) is 0 Å². The Labute approximate surface area is 159 Å². The summed E-state index contributed by atoms with van der Waals surface area (Å²) in [5.41, 5.74) is 3.00. The fourth-order valence-electron chi connectivity index (χ4n) is 2.58. The molecule has 26 heavy (non-hydrogen) atoms. The third kappa shape index (κ3) is 5.63. The highest BCUT2D eigenvalue weighted by Crippen LogP contribution is 2.24. The van der Waals surface area contributed by atoms with Crippen molar-refractivity contribution in [3.63, 3.8) is 0 Å². The monoisotopic (exact) mass is 371 g/mol. The fourth-order valence-corrected chi connectivity index (χ4v) is 3.47. The number of carbonyl (C=O) groups excluding carboxylic acids is 2. The van der Waals surface area contributed by atoms with Crippen LogP contribution in [0.5, 0.6) is 0 Å². The number of ether oxygens (including phenoxy) is 1. The predicted molar refractivity (Wildman–Crippen MR) is 107 cm³/mol. The van der Waals surface area contributed by atoms with Crippen molar-refractivity contribution in [1.82, 2.24) is 0 Å². The quantitative estimate of drug-likeness (QED) is 0.549. The second-order valence-electron chi connectivity index (χ2n) is 5.89. The molecule has 1 N–H and O–H groups in total. The van der Waals surface area contributed by atoms with E-state index < -0.39 is 5.97 Å². The van der Waals surface area contributed by atoms with E-state index in [-0.39, 0.29) is 17.8 Å². The van der Waals surface area contributed by atoms with Gasteiger partial charge in [-0.25, -0.2) is 0 Å². The van der Waals surface area contributed by atoms with Crippen molar-refractivity contribution in [2.45, 2.75) is 43.8 Å². The number of hydrogen-bond acceptors (Lipinski definition) is 4. The van der Waals surface area contributed by atoms with Gasteiger partial charge in [-0.1, -0.05) is 50.2 Å². The van der Waals surface area contributed by atoms with E-state index in [9.17, 15) is 9.59 Å². The number of amides is 1. The number of nitrogens with one attached hydrogen (secondary N) is 1. The van der Waals surface area contributed by atoms with E-state index in [1.807, 2.05) is 62.4 Å². The molecular weight excluding hydrogens is 346 g/mol. The molecule has 0 fully saturated rings. The molecule has 5 heteroatoms. The predicted octanol–water partition coefficient (Wildman–Crippen LogP) is 4.47. The molecule has 2 aromatic rings. The third-order valence-corrected chi connectivity index (χ3v) is 5.09. The van der Waals surface area contributed by atoms with Crippen molar-refractivity contribution >= 4 is 29.3 Å². The zero-order valence-electron chi connectivity index (χ0n) is 15.5. The maximum absolute atomic E-state index is 12.2. The van der Waals surface area contributed by atoms with Gasteiger partial charge in [0, 0.05) is 10.6 Å². The number of aryl methyl sites for hydroxylation is 2. The van der Waals surface area contributed by atoms with Gasteiger partial charge in [0.25, 0.3) is 5.91 Å². The molecule has 0 radical (unpaired) electrons. The Balaban J connectivity index is 1.89. The summed E-state index contributed by atoms with van der Waals surface area (Å²) in [7, 11) is 0. The zero-order valence-corrected chi connectivity index (χ0v) is 16.3. The Morgan fingerprint density at radius 2 is 1.62 bits per heavy atom. The van der Waals surface area contributed by atoms with Crippen LogP contribution in [0.15, 0.2) is 53.4 Å². The SMILES string of the molecule is CCc1cccc(CC)c1NC(=O)COC(=O)[C@@H](C)Sc1ccccc1. The van der Waals surface area contributed by atoms with E-state index in [1.54, 1.807) is 6.92 Å². The molecule has 0 aliphatic rings. The first-order chi connectivity index (χ1) is 12.5. The van der Waals surface area contributed by atoms with Crippen LogP contribution in [0.3, 0.4) is 0 Å². The number of hydrogen-bond donors (Lipinski definition) is 1. The van der Waals surface area contributed by atoms with Gasteiger partial charge in [0.1, 0.15) is 5.25 Å². The molecule has 138 valence electrons. The minimum atomic E-state index is -0.395. The fraction of sp³-hybridized carbons (Fsp3) is 0.333. The minimum absolute atomic E-state index is 0.278. The molecule has 0 saturated carbocycles. The van der Waals surface area contributed by atoms with Gasteiger partial charge >= 0.3 is 5.97 Å². The first-order valence-electron chi connectivity index (χ1n) is 8.84. The second kappa shape index (κ2) is 10.0. The standard InChI is InChI=1S/C21H25NO3S/c1-4-16-10-9-11-17(5-2)20(16)22-19(23)14-25-21(24)15(3)26-18-12-7-6-8-13-18/h6-13,15H,4-5,14H2,1-3H3,(H,22,23)/t15-/m1/s1. The van der Waals surface area contributed by atoms with Crippen LogP contribution in [-0.4, -0.2) is 23.7 Å². The number of thioether (sulfide) groups is 1. The van der Waals surface area contributed by atoms with Crippen LogP contribution in [-0.2, 0) is 27.2 Å². The summed E-state index contributed by atoms with van der Waals surface area (Å²) in [4.78, 5) is 25.4. The lowest BCUT2D eigenvalue weighted by molar-refractivity contribution is -0.146. The third-order valence-electron chi connectivity index (χ3n) is 4.00. The Bertz CT molecular complexity index is 724. The molecule has 4 nitrogen and oxygen atoms in total. The van der Waals surface area contributed by atoms with Crippen molar-refractivity contribution in [1.29, 1.82) is 0 Å². The Morgan fingerprint density at radius 1 is 1.00 bits per heavy atom. The Hall–Kier alpha value is -2.27. The minimum Gasteiger partial charge on any atom is -0.455 e. The molecule has 2 rings (SSSR count). The van der Waals surface area contributed by atoms with E-state index in [1.165, 1.54) is 11.8 Å². The molecule has 1 amide bonds. The average molecular weight is 372 g/mol. The highest BCUT2D eigenvalue weighted by atomic mass is 32.2. The van der Waals surface area contributed by atoms with Crippen molar-refractivity contribution < 1.29 is 14.3 Å². The lowest BCUT2D eigenvalue weighted by atomic mass is 10.0. The van der Waals surface area contributed by atoms with Gasteiger partial charge in [-0.15, -0.1) is 11.8 Å². The molecule has 0 aliphatic carbocycles. The van der Waals surface area contributed by atoms with Crippen LogP contribution in [0.25, 0.3) is 0 Å². The molecule has 1 atom stereocenters. The molecule has 0 saturated heterocycles. The van der Waals surface area contributed by atoms with Gasteiger partial charge in [-0.2, -0.15) is 0 Å². The van der Waals surface area contributed by atoms with Gasteiger partial charge < -0.3 is 10.1 Å². The number of esters is 1. The summed E-state index contributed by atoms with van der Waals surface area (Å²) in [6, 6.07) is 15.6. The molecule has 0 unspecified atom stereocenters. The van der Waals surface area contributed by atoms with E-state index in [2.05, 4.69) is 5.32 Å². The van der Waals surface area contributed by atoms with Gasteiger partial charge in [0.2, 0.25) is 0 Å². The summed E-state index contributed by atoms with van der Waals surface area (Å²) in [6.45, 7) is 5.60. The van der Waals surface area contributed by atoms with Crippen LogP contribution < -0.4 is 5.32 Å². The molecule has 0 bridgehead atoms. The number of benzene rings is 2. The van der Waals surface area contributed by atoms with Gasteiger partial charge in [0.05, 0.1) is 0 Å². The highest BCUT2D eigenvalue weighted by molar-refractivity contribution is 8.00. The zero-order chi connectivity index (χ0) is 18.9. The first-order valence-corrected chi connectivity index (χ1v) is 9.72. The summed E-state index contributed by atoms with van der Waals surface area (Å²) in [5, 5.41) is 2.53. The maximum Gasteiger partial charge on any atom is 0.319 e. The molecule has 0 heterocycles. The topological polar surface area (TPSA) is 55.4 Å². The van der Waals surface area contributed by atoms with Crippen LogP contribution in [0.2, 0.25) is 0 Å². The van der Waals surface area contributed by atoms with Crippen LogP contribution in [0, 0.1) is 0 Å². The number of para-hydroxylation sites is 1. The number of rotatable bonds is 8. The normalized spacial score (nSPS) is 11.7. The molecule has 0 aliphatic heterocycles. The van der Waals surface area contributed by atoms with E-state index >= 15 is 0 Å². The molecule has 0 aromatic heterocycles. The maximum atomic E-state index is 12.2.